The third-order valence-corrected chi connectivity index (χ3v) is 5.10. The highest BCUT2D eigenvalue weighted by Crippen LogP contribution is 2.51. The molecule has 3 aliphatic carbocycles. The third kappa shape index (κ3) is 1.49. The van der Waals surface area contributed by atoms with E-state index in [0.29, 0.717) is 5.92 Å². The molecule has 2 N–H and O–H groups in total. The lowest BCUT2D eigenvalue weighted by Gasteiger charge is -2.35. The van der Waals surface area contributed by atoms with Gasteiger partial charge in [-0.15, -0.1) is 0 Å². The van der Waals surface area contributed by atoms with Crippen molar-refractivity contribution in [2.45, 2.75) is 32.1 Å². The average molecular weight is 254 g/mol. The van der Waals surface area contributed by atoms with Gasteiger partial charge in [-0.1, -0.05) is 23.8 Å². The molecule has 0 radical (unpaired) electrons. The number of allylic oxidation sites excluding steroid dienone is 4. The minimum absolute atomic E-state index is 0.00528. The lowest BCUT2D eigenvalue weighted by molar-refractivity contribution is 0.388. The molecule has 4 rings (SSSR count). The van der Waals surface area contributed by atoms with E-state index in [-0.39, 0.29) is 11.5 Å². The lowest BCUT2D eigenvalue weighted by Crippen LogP contribution is -2.23. The first-order chi connectivity index (χ1) is 9.25. The van der Waals surface area contributed by atoms with Crippen molar-refractivity contribution >= 4 is 5.57 Å². The van der Waals surface area contributed by atoms with Crippen LogP contribution in [0.25, 0.3) is 5.57 Å². The number of phenols is 2. The van der Waals surface area contributed by atoms with Crippen LogP contribution < -0.4 is 0 Å². The average Bonchev–Trinajstić information content (AvgIpc) is 2.91. The summed E-state index contributed by atoms with van der Waals surface area (Å²) < 4.78 is 0. The minimum Gasteiger partial charge on any atom is -0.504 e. The van der Waals surface area contributed by atoms with Crippen LogP contribution in [0.5, 0.6) is 11.5 Å². The van der Waals surface area contributed by atoms with E-state index in [1.165, 1.54) is 24.8 Å². The van der Waals surface area contributed by atoms with Gasteiger partial charge in [0.15, 0.2) is 11.5 Å². The molecule has 0 heterocycles. The molecule has 2 atom stereocenters. The zero-order valence-electron chi connectivity index (χ0n) is 10.9. The first-order valence-corrected chi connectivity index (χ1v) is 7.20. The maximum Gasteiger partial charge on any atom is 0.161 e. The largest absolute Gasteiger partial charge is 0.504 e. The van der Waals surface area contributed by atoms with Crippen molar-refractivity contribution in [3.05, 3.63) is 41.0 Å². The van der Waals surface area contributed by atoms with Crippen molar-refractivity contribution in [1.29, 1.82) is 0 Å². The van der Waals surface area contributed by atoms with Crippen molar-refractivity contribution in [3.8, 4) is 11.5 Å². The van der Waals surface area contributed by atoms with Crippen LogP contribution >= 0.6 is 0 Å². The molecule has 0 saturated heterocycles. The number of benzene rings is 1. The Hall–Kier alpha value is -1.70. The van der Waals surface area contributed by atoms with E-state index in [9.17, 15) is 10.2 Å². The Morgan fingerprint density at radius 3 is 2.74 bits per heavy atom. The molecule has 19 heavy (non-hydrogen) atoms. The number of fused-ring (bicyclic) bond motifs is 5. The predicted molar refractivity (Wildman–Crippen MR) is 75.0 cm³/mol. The van der Waals surface area contributed by atoms with Crippen LogP contribution in [0.4, 0.5) is 0 Å². The van der Waals surface area contributed by atoms with Gasteiger partial charge in [-0.05, 0) is 61.1 Å². The smallest absolute Gasteiger partial charge is 0.161 e. The van der Waals surface area contributed by atoms with Gasteiger partial charge in [0.1, 0.15) is 0 Å². The lowest BCUT2D eigenvalue weighted by atomic mass is 9.69. The standard InChI is InChI=1S/C17H18O2/c18-16-9-8-14-13-5-4-10-2-1-3-11(10)12(13)6-7-15(14)17(16)19/h4-5,8-9,11-12,18-19H,1-3,6-7H2. The second-order valence-corrected chi connectivity index (χ2v) is 5.97. The van der Waals surface area contributed by atoms with Crippen molar-refractivity contribution in [2.24, 2.45) is 11.8 Å². The molecule has 1 saturated carbocycles. The van der Waals surface area contributed by atoms with Gasteiger partial charge in [0.25, 0.3) is 0 Å². The van der Waals surface area contributed by atoms with E-state index in [0.717, 1.165) is 29.9 Å². The maximum absolute atomic E-state index is 10.0. The fourth-order valence-corrected chi connectivity index (χ4v) is 4.19. The summed E-state index contributed by atoms with van der Waals surface area (Å²) in [6.07, 6.45) is 10.4. The van der Waals surface area contributed by atoms with Gasteiger partial charge in [-0.2, -0.15) is 0 Å². The van der Waals surface area contributed by atoms with Gasteiger partial charge in [0.2, 0.25) is 0 Å². The van der Waals surface area contributed by atoms with E-state index >= 15 is 0 Å². The summed E-state index contributed by atoms with van der Waals surface area (Å²) >= 11 is 0. The zero-order valence-corrected chi connectivity index (χ0v) is 10.9. The van der Waals surface area contributed by atoms with Crippen molar-refractivity contribution in [1.82, 2.24) is 0 Å². The summed E-state index contributed by atoms with van der Waals surface area (Å²) in [6.45, 7) is 0. The van der Waals surface area contributed by atoms with Gasteiger partial charge < -0.3 is 10.2 Å². The third-order valence-electron chi connectivity index (χ3n) is 5.10. The normalized spacial score (nSPS) is 28.0. The molecule has 0 aliphatic heterocycles. The highest BCUT2D eigenvalue weighted by atomic mass is 16.3. The topological polar surface area (TPSA) is 40.5 Å². The first kappa shape index (κ1) is 11.2. The molecule has 1 aromatic carbocycles. The number of hydrogen-bond acceptors (Lipinski definition) is 2. The molecule has 0 spiro atoms. The van der Waals surface area contributed by atoms with E-state index in [2.05, 4.69) is 12.2 Å². The summed E-state index contributed by atoms with van der Waals surface area (Å²) in [5.74, 6) is 1.44. The van der Waals surface area contributed by atoms with Gasteiger partial charge in [-0.25, -0.2) is 0 Å². The first-order valence-electron chi connectivity index (χ1n) is 7.20. The number of hydrogen-bond donors (Lipinski definition) is 2. The zero-order chi connectivity index (χ0) is 13.0. The molecule has 98 valence electrons. The SMILES string of the molecule is Oc1ccc2c(c1O)CCC1C2=CC=C2CCCC21. The minimum atomic E-state index is 0.00528. The predicted octanol–water partition coefficient (Wildman–Crippen LogP) is 3.78. The number of rotatable bonds is 0. The summed E-state index contributed by atoms with van der Waals surface area (Å²) in [6, 6.07) is 3.58. The van der Waals surface area contributed by atoms with Crippen LogP contribution in [-0.4, -0.2) is 10.2 Å². The molecule has 1 fully saturated rings. The molecule has 2 unspecified atom stereocenters. The van der Waals surface area contributed by atoms with Crippen molar-refractivity contribution in [2.75, 3.05) is 0 Å². The molecular weight excluding hydrogens is 236 g/mol. The Kier molecular flexibility index (Phi) is 2.29. The monoisotopic (exact) mass is 254 g/mol. The number of aromatic hydroxyl groups is 2. The Morgan fingerprint density at radius 2 is 1.84 bits per heavy atom. The van der Waals surface area contributed by atoms with E-state index in [4.69, 9.17) is 0 Å². The van der Waals surface area contributed by atoms with Gasteiger partial charge in [-0.3, -0.25) is 0 Å². The Morgan fingerprint density at radius 1 is 0.947 bits per heavy atom. The Labute approximate surface area is 113 Å². The fraction of sp³-hybridized carbons (Fsp3) is 0.412. The van der Waals surface area contributed by atoms with Crippen LogP contribution in [0.15, 0.2) is 29.9 Å². The summed E-state index contributed by atoms with van der Waals surface area (Å²) in [5, 5.41) is 19.7. The molecule has 3 aliphatic rings. The van der Waals surface area contributed by atoms with Gasteiger partial charge in [0, 0.05) is 5.56 Å². The molecule has 1 aromatic rings. The highest BCUT2D eigenvalue weighted by molar-refractivity contribution is 5.77. The molecular formula is C17H18O2. The Balaban J connectivity index is 1.86. The number of phenolic OH excluding ortho intramolecular Hbond substituents is 2. The maximum atomic E-state index is 10.0. The summed E-state index contributed by atoms with van der Waals surface area (Å²) in [7, 11) is 0. The molecule has 0 bridgehead atoms. The summed E-state index contributed by atoms with van der Waals surface area (Å²) in [5.41, 5.74) is 5.07. The van der Waals surface area contributed by atoms with Crippen LogP contribution in [0.3, 0.4) is 0 Å². The van der Waals surface area contributed by atoms with E-state index < -0.39 is 0 Å². The van der Waals surface area contributed by atoms with Crippen LogP contribution in [0, 0.1) is 11.8 Å². The van der Waals surface area contributed by atoms with Crippen LogP contribution in [0.2, 0.25) is 0 Å². The van der Waals surface area contributed by atoms with Crippen LogP contribution in [0.1, 0.15) is 36.8 Å². The molecule has 0 aromatic heterocycles. The van der Waals surface area contributed by atoms with Gasteiger partial charge in [0.05, 0.1) is 0 Å². The highest BCUT2D eigenvalue weighted by Gasteiger charge is 2.37. The van der Waals surface area contributed by atoms with Crippen molar-refractivity contribution < 1.29 is 10.2 Å². The molecule has 2 nitrogen and oxygen atoms in total. The van der Waals surface area contributed by atoms with Crippen LogP contribution in [-0.2, 0) is 6.42 Å². The van der Waals surface area contributed by atoms with Gasteiger partial charge >= 0.3 is 0 Å². The van der Waals surface area contributed by atoms with E-state index in [1.807, 2.05) is 6.07 Å². The second-order valence-electron chi connectivity index (χ2n) is 5.97. The quantitative estimate of drug-likeness (QED) is 0.692. The van der Waals surface area contributed by atoms with E-state index in [1.54, 1.807) is 11.6 Å². The summed E-state index contributed by atoms with van der Waals surface area (Å²) in [4.78, 5) is 0. The Bertz CT molecular complexity index is 610. The molecule has 0 amide bonds. The fourth-order valence-electron chi connectivity index (χ4n) is 4.19. The second kappa shape index (κ2) is 3.89. The van der Waals surface area contributed by atoms with Crippen molar-refractivity contribution in [3.63, 3.8) is 0 Å². The molecule has 2 heteroatoms.